The first-order valence-electron chi connectivity index (χ1n) is 11.6. The van der Waals surface area contributed by atoms with E-state index in [4.69, 9.17) is 4.74 Å². The second-order valence-electron chi connectivity index (χ2n) is 8.83. The van der Waals surface area contributed by atoms with E-state index in [1.54, 1.807) is 31.5 Å². The number of hydrogen-bond donors (Lipinski definition) is 1. The number of carbonyl (C=O) groups is 2. The van der Waals surface area contributed by atoms with Crippen LogP contribution >= 0.6 is 0 Å². The fourth-order valence-electron chi connectivity index (χ4n) is 3.65. The minimum absolute atomic E-state index is 0.164. The molecule has 0 saturated carbocycles. The Labute approximate surface area is 212 Å². The molecule has 1 amide bonds. The lowest BCUT2D eigenvalue weighted by Gasteiger charge is -2.25. The molecule has 8 heteroatoms. The Morgan fingerprint density at radius 1 is 1.08 bits per heavy atom. The molecule has 3 aromatic rings. The summed E-state index contributed by atoms with van der Waals surface area (Å²) in [6.45, 7) is 7.12. The normalized spacial score (nSPS) is 10.7. The SMILES string of the molecule is C=CC(=O)Nc1cc(Cc2nccc(C(=O)c3ccc(C)cc3)n2)c(OC)cc1N(C)CCN(C)C. The molecule has 0 aliphatic carbocycles. The molecule has 0 fully saturated rings. The van der Waals surface area contributed by atoms with Crippen molar-refractivity contribution in [1.82, 2.24) is 14.9 Å². The van der Waals surface area contributed by atoms with Gasteiger partial charge < -0.3 is 19.9 Å². The number of ether oxygens (including phenoxy) is 1. The molecular weight excluding hydrogens is 454 g/mol. The van der Waals surface area contributed by atoms with Crippen LogP contribution in [0.15, 0.2) is 61.3 Å². The summed E-state index contributed by atoms with van der Waals surface area (Å²) in [4.78, 5) is 38.2. The topological polar surface area (TPSA) is 87.7 Å². The van der Waals surface area contributed by atoms with Crippen LogP contribution in [-0.4, -0.2) is 67.9 Å². The minimum atomic E-state index is -0.310. The maximum absolute atomic E-state index is 12.9. The molecule has 0 saturated heterocycles. The number of methoxy groups -OCH3 is 1. The van der Waals surface area contributed by atoms with E-state index in [9.17, 15) is 9.59 Å². The summed E-state index contributed by atoms with van der Waals surface area (Å²) in [6.07, 6.45) is 3.13. The van der Waals surface area contributed by atoms with Crippen LogP contribution in [-0.2, 0) is 11.2 Å². The second-order valence-corrected chi connectivity index (χ2v) is 8.83. The van der Waals surface area contributed by atoms with Crippen molar-refractivity contribution in [2.45, 2.75) is 13.3 Å². The number of anilines is 2. The average Bonchev–Trinajstić information content (AvgIpc) is 2.87. The van der Waals surface area contributed by atoms with Gasteiger partial charge in [-0.3, -0.25) is 9.59 Å². The van der Waals surface area contributed by atoms with E-state index in [1.165, 1.54) is 6.08 Å². The molecule has 8 nitrogen and oxygen atoms in total. The summed E-state index contributed by atoms with van der Waals surface area (Å²) in [5.41, 5.74) is 4.20. The number of rotatable bonds is 11. The summed E-state index contributed by atoms with van der Waals surface area (Å²) in [5.74, 6) is 0.635. The van der Waals surface area contributed by atoms with Crippen LogP contribution in [0.5, 0.6) is 5.75 Å². The van der Waals surface area contributed by atoms with Crippen molar-refractivity contribution in [2.75, 3.05) is 51.6 Å². The van der Waals surface area contributed by atoms with E-state index in [2.05, 4.69) is 31.7 Å². The summed E-state index contributed by atoms with van der Waals surface area (Å²) >= 11 is 0. The number of amides is 1. The number of carbonyl (C=O) groups excluding carboxylic acids is 2. The molecule has 1 N–H and O–H groups in total. The second kappa shape index (κ2) is 12.1. The van der Waals surface area contributed by atoms with Gasteiger partial charge in [-0.2, -0.15) is 0 Å². The van der Waals surface area contributed by atoms with E-state index >= 15 is 0 Å². The highest BCUT2D eigenvalue weighted by Crippen LogP contribution is 2.34. The van der Waals surface area contributed by atoms with Gasteiger partial charge in [-0.25, -0.2) is 9.97 Å². The molecule has 2 aromatic carbocycles. The number of nitrogens with zero attached hydrogens (tertiary/aromatic N) is 4. The molecular formula is C28H33N5O3. The predicted octanol–water partition coefficient (Wildman–Crippen LogP) is 3.74. The summed E-state index contributed by atoms with van der Waals surface area (Å²) in [5, 5.41) is 2.90. The molecule has 36 heavy (non-hydrogen) atoms. The molecule has 0 unspecified atom stereocenters. The van der Waals surface area contributed by atoms with Crippen molar-refractivity contribution in [2.24, 2.45) is 0 Å². The Hall–Kier alpha value is -4.04. The largest absolute Gasteiger partial charge is 0.496 e. The van der Waals surface area contributed by atoms with Gasteiger partial charge in [0.2, 0.25) is 11.7 Å². The Balaban J connectivity index is 1.95. The monoisotopic (exact) mass is 487 g/mol. The van der Waals surface area contributed by atoms with Crippen molar-refractivity contribution in [3.05, 3.63) is 89.5 Å². The average molecular weight is 488 g/mol. The molecule has 1 heterocycles. The lowest BCUT2D eigenvalue weighted by Crippen LogP contribution is -2.29. The van der Waals surface area contributed by atoms with Gasteiger partial charge in [-0.1, -0.05) is 36.4 Å². The fraction of sp³-hybridized carbons (Fsp3) is 0.286. The Kier molecular flexibility index (Phi) is 8.91. The molecule has 1 aromatic heterocycles. The van der Waals surface area contributed by atoms with Gasteiger partial charge in [0.15, 0.2) is 0 Å². The Bertz CT molecular complexity index is 1240. The Morgan fingerprint density at radius 3 is 2.44 bits per heavy atom. The van der Waals surface area contributed by atoms with Crippen molar-refractivity contribution in [3.63, 3.8) is 0 Å². The highest BCUT2D eigenvalue weighted by atomic mass is 16.5. The van der Waals surface area contributed by atoms with Gasteiger partial charge in [-0.15, -0.1) is 0 Å². The quantitative estimate of drug-likeness (QED) is 0.326. The van der Waals surface area contributed by atoms with Gasteiger partial charge in [0.1, 0.15) is 17.3 Å². The lowest BCUT2D eigenvalue weighted by molar-refractivity contribution is -0.111. The minimum Gasteiger partial charge on any atom is -0.496 e. The molecule has 0 aliphatic rings. The van der Waals surface area contributed by atoms with Gasteiger partial charge in [0.05, 0.1) is 18.5 Å². The predicted molar refractivity (Wildman–Crippen MR) is 143 cm³/mol. The van der Waals surface area contributed by atoms with Crippen LogP contribution in [0.3, 0.4) is 0 Å². The molecule has 0 atom stereocenters. The Morgan fingerprint density at radius 2 is 1.81 bits per heavy atom. The van der Waals surface area contributed by atoms with Gasteiger partial charge in [0, 0.05) is 49.9 Å². The molecule has 3 rings (SSSR count). The number of benzene rings is 2. The highest BCUT2D eigenvalue weighted by molar-refractivity contribution is 6.07. The van der Waals surface area contributed by atoms with Gasteiger partial charge in [-0.05, 0) is 39.2 Å². The number of hydrogen-bond acceptors (Lipinski definition) is 7. The number of likely N-dealkylation sites (N-methyl/N-ethyl adjacent to an activating group) is 2. The zero-order valence-corrected chi connectivity index (χ0v) is 21.5. The third kappa shape index (κ3) is 6.76. The summed E-state index contributed by atoms with van der Waals surface area (Å²) < 4.78 is 5.69. The maximum Gasteiger partial charge on any atom is 0.247 e. The number of aryl methyl sites for hydroxylation is 1. The first-order chi connectivity index (χ1) is 17.2. The summed E-state index contributed by atoms with van der Waals surface area (Å²) in [6, 6.07) is 12.8. The third-order valence-corrected chi connectivity index (χ3v) is 5.74. The smallest absolute Gasteiger partial charge is 0.247 e. The van der Waals surface area contributed by atoms with Crippen molar-refractivity contribution in [1.29, 1.82) is 0 Å². The van der Waals surface area contributed by atoms with Crippen molar-refractivity contribution >= 4 is 23.1 Å². The van der Waals surface area contributed by atoms with E-state index in [-0.39, 0.29) is 11.7 Å². The van der Waals surface area contributed by atoms with Crippen LogP contribution in [0.1, 0.15) is 33.0 Å². The number of ketones is 1. The first-order valence-corrected chi connectivity index (χ1v) is 11.6. The summed E-state index contributed by atoms with van der Waals surface area (Å²) in [7, 11) is 7.58. The van der Waals surface area contributed by atoms with Crippen LogP contribution < -0.4 is 15.0 Å². The van der Waals surface area contributed by atoms with Crippen molar-refractivity contribution < 1.29 is 14.3 Å². The molecule has 0 spiro atoms. The molecule has 0 aliphatic heterocycles. The maximum atomic E-state index is 12.9. The van der Waals surface area contributed by atoms with E-state index in [1.807, 2.05) is 52.3 Å². The number of aromatic nitrogens is 2. The van der Waals surface area contributed by atoms with Crippen LogP contribution in [0.4, 0.5) is 11.4 Å². The zero-order chi connectivity index (χ0) is 26.2. The zero-order valence-electron chi connectivity index (χ0n) is 21.5. The first kappa shape index (κ1) is 26.6. The third-order valence-electron chi connectivity index (χ3n) is 5.74. The molecule has 0 bridgehead atoms. The number of nitrogens with one attached hydrogen (secondary N) is 1. The van der Waals surface area contributed by atoms with Gasteiger partial charge >= 0.3 is 0 Å². The molecule has 188 valence electrons. The van der Waals surface area contributed by atoms with E-state index in [0.717, 1.165) is 29.9 Å². The van der Waals surface area contributed by atoms with Crippen LogP contribution in [0, 0.1) is 6.92 Å². The fourth-order valence-corrected chi connectivity index (χ4v) is 3.65. The standard InChI is InChI=1S/C28H33N5O3/c1-7-27(34)31-23-16-21(25(36-6)18-24(23)33(5)15-14-32(3)4)17-26-29-13-12-22(30-26)28(35)20-10-8-19(2)9-11-20/h7-13,16,18H,1,14-15,17H2,2-6H3,(H,31,34). The van der Waals surface area contributed by atoms with Crippen LogP contribution in [0.25, 0.3) is 0 Å². The highest BCUT2D eigenvalue weighted by Gasteiger charge is 2.18. The van der Waals surface area contributed by atoms with E-state index < -0.39 is 0 Å². The van der Waals surface area contributed by atoms with Crippen molar-refractivity contribution in [3.8, 4) is 5.75 Å². The van der Waals surface area contributed by atoms with Gasteiger partial charge in [0.25, 0.3) is 0 Å². The molecule has 0 radical (unpaired) electrons. The van der Waals surface area contributed by atoms with Crippen LogP contribution in [0.2, 0.25) is 0 Å². The lowest BCUT2D eigenvalue weighted by atomic mass is 10.1. The van der Waals surface area contributed by atoms with E-state index in [0.29, 0.717) is 34.9 Å².